The summed E-state index contributed by atoms with van der Waals surface area (Å²) in [7, 11) is 1.99. The normalized spacial score (nSPS) is 11.1. The van der Waals surface area contributed by atoms with Gasteiger partial charge in [0.2, 0.25) is 0 Å². The van der Waals surface area contributed by atoms with Crippen molar-refractivity contribution in [3.05, 3.63) is 34.6 Å². The Morgan fingerprint density at radius 2 is 2.00 bits per heavy atom. The molecule has 20 heavy (non-hydrogen) atoms. The predicted molar refractivity (Wildman–Crippen MR) is 83.2 cm³/mol. The average molecular weight is 290 g/mol. The van der Waals surface area contributed by atoms with Gasteiger partial charge in [-0.3, -0.25) is 4.68 Å². The smallest absolute Gasteiger partial charge is 0.105 e. The fourth-order valence-corrected chi connectivity index (χ4v) is 3.37. The highest BCUT2D eigenvalue weighted by Gasteiger charge is 2.15. The van der Waals surface area contributed by atoms with Gasteiger partial charge in [-0.05, 0) is 45.0 Å². The summed E-state index contributed by atoms with van der Waals surface area (Å²) >= 11 is 1.69. The minimum absolute atomic E-state index is 0.851. The standard InChI is InChI=1S/C15H22N4S/c1-6-16-9-13-12(4)18-19(5)15(13)20-14-8-10(2)7-11(3)17-14/h7-8,16H,6,9H2,1-5H3. The van der Waals surface area contributed by atoms with Gasteiger partial charge in [-0.15, -0.1) is 0 Å². The van der Waals surface area contributed by atoms with E-state index in [1.54, 1.807) is 11.8 Å². The average Bonchev–Trinajstić information content (AvgIpc) is 2.61. The van der Waals surface area contributed by atoms with Crippen LogP contribution >= 0.6 is 11.8 Å². The van der Waals surface area contributed by atoms with E-state index in [2.05, 4.69) is 48.3 Å². The molecule has 108 valence electrons. The van der Waals surface area contributed by atoms with Crippen LogP contribution in [0.15, 0.2) is 22.2 Å². The van der Waals surface area contributed by atoms with E-state index in [9.17, 15) is 0 Å². The fraction of sp³-hybridized carbons (Fsp3) is 0.467. The summed E-state index contributed by atoms with van der Waals surface area (Å²) in [5.41, 5.74) is 4.65. The molecule has 0 radical (unpaired) electrons. The molecule has 0 spiro atoms. The molecule has 0 aliphatic heterocycles. The van der Waals surface area contributed by atoms with Gasteiger partial charge in [-0.25, -0.2) is 4.98 Å². The first-order valence-electron chi connectivity index (χ1n) is 6.87. The van der Waals surface area contributed by atoms with Crippen molar-refractivity contribution in [3.63, 3.8) is 0 Å². The zero-order valence-corrected chi connectivity index (χ0v) is 13.6. The Hall–Kier alpha value is -1.33. The van der Waals surface area contributed by atoms with E-state index in [4.69, 9.17) is 0 Å². The van der Waals surface area contributed by atoms with E-state index in [1.165, 1.54) is 16.2 Å². The van der Waals surface area contributed by atoms with Crippen LogP contribution in [-0.4, -0.2) is 21.3 Å². The van der Waals surface area contributed by atoms with Gasteiger partial charge in [-0.2, -0.15) is 5.10 Å². The lowest BCUT2D eigenvalue weighted by molar-refractivity contribution is 0.673. The van der Waals surface area contributed by atoms with E-state index >= 15 is 0 Å². The highest BCUT2D eigenvalue weighted by atomic mass is 32.2. The van der Waals surface area contributed by atoms with Gasteiger partial charge in [0.05, 0.1) is 5.69 Å². The number of aryl methyl sites for hydroxylation is 4. The summed E-state index contributed by atoms with van der Waals surface area (Å²) in [4.78, 5) is 4.60. The molecule has 0 aliphatic rings. The minimum atomic E-state index is 0.851. The Morgan fingerprint density at radius 3 is 2.65 bits per heavy atom. The third kappa shape index (κ3) is 3.41. The topological polar surface area (TPSA) is 42.7 Å². The summed E-state index contributed by atoms with van der Waals surface area (Å²) < 4.78 is 1.95. The monoisotopic (exact) mass is 290 g/mol. The zero-order valence-electron chi connectivity index (χ0n) is 12.8. The van der Waals surface area contributed by atoms with Crippen molar-refractivity contribution in [3.8, 4) is 0 Å². The molecule has 4 nitrogen and oxygen atoms in total. The van der Waals surface area contributed by atoms with Gasteiger partial charge >= 0.3 is 0 Å². The molecule has 5 heteroatoms. The number of rotatable bonds is 5. The van der Waals surface area contributed by atoms with Crippen LogP contribution in [0.2, 0.25) is 0 Å². The number of hydrogen-bond donors (Lipinski definition) is 1. The predicted octanol–water partition coefficient (Wildman–Crippen LogP) is 3.00. The van der Waals surface area contributed by atoms with E-state index in [-0.39, 0.29) is 0 Å². The van der Waals surface area contributed by atoms with Crippen molar-refractivity contribution in [2.24, 2.45) is 7.05 Å². The summed E-state index contributed by atoms with van der Waals surface area (Å²) in [6.07, 6.45) is 0. The van der Waals surface area contributed by atoms with Gasteiger partial charge < -0.3 is 5.32 Å². The molecule has 0 amide bonds. The first-order valence-corrected chi connectivity index (χ1v) is 7.69. The molecule has 0 saturated heterocycles. The van der Waals surface area contributed by atoms with Crippen LogP contribution in [0, 0.1) is 20.8 Å². The van der Waals surface area contributed by atoms with Crippen molar-refractivity contribution in [2.45, 2.75) is 44.3 Å². The van der Waals surface area contributed by atoms with Gasteiger partial charge in [0, 0.05) is 24.8 Å². The van der Waals surface area contributed by atoms with Crippen LogP contribution in [0.25, 0.3) is 0 Å². The lowest BCUT2D eigenvalue weighted by Gasteiger charge is -2.08. The molecule has 0 saturated carbocycles. The third-order valence-electron chi connectivity index (χ3n) is 3.12. The quantitative estimate of drug-likeness (QED) is 0.919. The molecule has 2 heterocycles. The second-order valence-corrected chi connectivity index (χ2v) is 6.01. The summed E-state index contributed by atoms with van der Waals surface area (Å²) in [5, 5.41) is 10.1. The van der Waals surface area contributed by atoms with Crippen molar-refractivity contribution in [1.82, 2.24) is 20.1 Å². The van der Waals surface area contributed by atoms with Crippen molar-refractivity contribution in [1.29, 1.82) is 0 Å². The van der Waals surface area contributed by atoms with Crippen LogP contribution in [-0.2, 0) is 13.6 Å². The molecule has 0 aliphatic carbocycles. The van der Waals surface area contributed by atoms with Crippen LogP contribution in [0.3, 0.4) is 0 Å². The summed E-state index contributed by atoms with van der Waals surface area (Å²) in [5.74, 6) is 0. The largest absolute Gasteiger partial charge is 0.313 e. The fourth-order valence-electron chi connectivity index (χ4n) is 2.22. The lowest BCUT2D eigenvalue weighted by atomic mass is 10.2. The maximum absolute atomic E-state index is 4.60. The molecule has 0 bridgehead atoms. The number of nitrogens with zero attached hydrogens (tertiary/aromatic N) is 3. The maximum Gasteiger partial charge on any atom is 0.105 e. The Morgan fingerprint density at radius 1 is 1.25 bits per heavy atom. The molecule has 0 atom stereocenters. The summed E-state index contributed by atoms with van der Waals surface area (Å²) in [6, 6.07) is 4.22. The molecular weight excluding hydrogens is 268 g/mol. The Balaban J connectivity index is 2.32. The van der Waals surface area contributed by atoms with E-state index < -0.39 is 0 Å². The van der Waals surface area contributed by atoms with Crippen LogP contribution in [0.1, 0.15) is 29.4 Å². The highest BCUT2D eigenvalue weighted by molar-refractivity contribution is 7.99. The molecule has 2 aromatic rings. The lowest BCUT2D eigenvalue weighted by Crippen LogP contribution is -2.12. The van der Waals surface area contributed by atoms with Gasteiger partial charge in [0.15, 0.2) is 0 Å². The number of hydrogen-bond acceptors (Lipinski definition) is 4. The van der Waals surface area contributed by atoms with Gasteiger partial charge in [0.1, 0.15) is 10.1 Å². The van der Waals surface area contributed by atoms with Crippen LogP contribution in [0.5, 0.6) is 0 Å². The number of nitrogens with one attached hydrogen (secondary N) is 1. The second-order valence-electron chi connectivity index (χ2n) is 5.00. The van der Waals surface area contributed by atoms with Crippen LogP contribution in [0.4, 0.5) is 0 Å². The molecule has 2 aromatic heterocycles. The zero-order chi connectivity index (χ0) is 14.7. The van der Waals surface area contributed by atoms with E-state index in [1.807, 2.05) is 18.7 Å². The molecule has 0 aromatic carbocycles. The molecule has 0 fully saturated rings. The SMILES string of the molecule is CCNCc1c(C)nn(C)c1Sc1cc(C)cc(C)n1. The van der Waals surface area contributed by atoms with Gasteiger partial charge in [0.25, 0.3) is 0 Å². The highest BCUT2D eigenvalue weighted by Crippen LogP contribution is 2.31. The number of pyridine rings is 1. The first kappa shape index (κ1) is 15.1. The van der Waals surface area contributed by atoms with E-state index in [0.29, 0.717) is 0 Å². The maximum atomic E-state index is 4.60. The van der Waals surface area contributed by atoms with Crippen molar-refractivity contribution >= 4 is 11.8 Å². The van der Waals surface area contributed by atoms with Crippen molar-refractivity contribution in [2.75, 3.05) is 6.54 Å². The molecule has 0 unspecified atom stereocenters. The van der Waals surface area contributed by atoms with E-state index in [0.717, 1.165) is 29.5 Å². The molecular formula is C15H22N4S. The third-order valence-corrected chi connectivity index (χ3v) is 4.24. The van der Waals surface area contributed by atoms with Crippen molar-refractivity contribution < 1.29 is 0 Å². The minimum Gasteiger partial charge on any atom is -0.313 e. The van der Waals surface area contributed by atoms with Gasteiger partial charge in [-0.1, -0.05) is 18.7 Å². The Bertz CT molecular complexity index is 584. The first-order chi connectivity index (χ1) is 9.51. The van der Waals surface area contributed by atoms with Crippen LogP contribution < -0.4 is 5.32 Å². The molecule has 2 rings (SSSR count). The summed E-state index contributed by atoms with van der Waals surface area (Å²) in [6.45, 7) is 10.1. The Kier molecular flexibility index (Phi) is 4.83. The molecule has 1 N–H and O–H groups in total. The number of aromatic nitrogens is 3. The second kappa shape index (κ2) is 6.41. The Labute approximate surface area is 125 Å².